The van der Waals surface area contributed by atoms with Crippen LogP contribution in [-0.2, 0) is 0 Å². The van der Waals surface area contributed by atoms with E-state index in [9.17, 15) is 0 Å². The Labute approximate surface area is 101 Å². The van der Waals surface area contributed by atoms with E-state index in [0.717, 1.165) is 19.1 Å². The molecule has 0 aromatic carbocycles. The van der Waals surface area contributed by atoms with Crippen LogP contribution < -0.4 is 14.9 Å². The maximum atomic E-state index is 3.67. The van der Waals surface area contributed by atoms with Gasteiger partial charge in [-0.05, 0) is 40.0 Å². The van der Waals surface area contributed by atoms with Gasteiger partial charge in [-0.1, -0.05) is 26.7 Å². The van der Waals surface area contributed by atoms with Crippen molar-refractivity contribution in [3.63, 3.8) is 0 Å². The molecule has 1 aliphatic carbocycles. The van der Waals surface area contributed by atoms with Gasteiger partial charge in [0.25, 0.3) is 0 Å². The SMILES string of the molecule is CCN[Si](NC)(NC)N(CC)C1CCCC1. The fourth-order valence-electron chi connectivity index (χ4n) is 2.93. The molecule has 0 atom stereocenters. The van der Waals surface area contributed by atoms with Crippen molar-refractivity contribution in [2.45, 2.75) is 45.6 Å². The maximum absolute atomic E-state index is 3.67. The van der Waals surface area contributed by atoms with Crippen molar-refractivity contribution in [2.75, 3.05) is 27.2 Å². The average molecular weight is 244 g/mol. The van der Waals surface area contributed by atoms with Gasteiger partial charge in [0.1, 0.15) is 0 Å². The quantitative estimate of drug-likeness (QED) is 0.578. The molecule has 16 heavy (non-hydrogen) atoms. The molecule has 0 unspecified atom stereocenters. The summed E-state index contributed by atoms with van der Waals surface area (Å²) < 4.78 is 2.66. The zero-order chi connectivity index (χ0) is 12.0. The molecule has 4 nitrogen and oxygen atoms in total. The van der Waals surface area contributed by atoms with Crippen molar-refractivity contribution in [1.82, 2.24) is 19.5 Å². The van der Waals surface area contributed by atoms with Gasteiger partial charge >= 0.3 is 8.72 Å². The first-order chi connectivity index (χ1) is 7.74. The minimum atomic E-state index is -1.85. The second kappa shape index (κ2) is 6.71. The molecular weight excluding hydrogens is 216 g/mol. The van der Waals surface area contributed by atoms with Gasteiger partial charge in [0, 0.05) is 6.04 Å². The largest absolute Gasteiger partial charge is 0.368 e. The van der Waals surface area contributed by atoms with Crippen molar-refractivity contribution in [1.29, 1.82) is 0 Å². The highest BCUT2D eigenvalue weighted by atomic mass is 28.4. The summed E-state index contributed by atoms with van der Waals surface area (Å²) in [5.74, 6) is 0. The Morgan fingerprint density at radius 3 is 2.06 bits per heavy atom. The zero-order valence-corrected chi connectivity index (χ0v) is 12.3. The van der Waals surface area contributed by atoms with Crippen LogP contribution in [0.1, 0.15) is 39.5 Å². The number of nitrogens with zero attached hydrogens (tertiary/aromatic N) is 1. The molecule has 5 heteroatoms. The highest BCUT2D eigenvalue weighted by molar-refractivity contribution is 6.69. The van der Waals surface area contributed by atoms with Crippen molar-refractivity contribution < 1.29 is 0 Å². The van der Waals surface area contributed by atoms with Gasteiger partial charge in [-0.25, -0.2) is 0 Å². The van der Waals surface area contributed by atoms with Crippen LogP contribution in [0.15, 0.2) is 0 Å². The summed E-state index contributed by atoms with van der Waals surface area (Å²) in [6.07, 6.45) is 5.51. The lowest BCUT2D eigenvalue weighted by Gasteiger charge is -2.43. The Morgan fingerprint density at radius 2 is 1.69 bits per heavy atom. The Balaban J connectivity index is 2.78. The van der Waals surface area contributed by atoms with Crippen LogP contribution in [0.3, 0.4) is 0 Å². The lowest BCUT2D eigenvalue weighted by Crippen LogP contribution is -2.81. The smallest absolute Gasteiger partial charge is 0.303 e. The van der Waals surface area contributed by atoms with Gasteiger partial charge in [0.15, 0.2) is 0 Å². The Hall–Kier alpha value is 0.0569. The van der Waals surface area contributed by atoms with E-state index in [-0.39, 0.29) is 0 Å². The lowest BCUT2D eigenvalue weighted by molar-refractivity contribution is 0.307. The van der Waals surface area contributed by atoms with E-state index in [2.05, 4.69) is 47.5 Å². The summed E-state index contributed by atoms with van der Waals surface area (Å²) in [5, 5.41) is 0. The molecule has 0 radical (unpaired) electrons. The fourth-order valence-corrected chi connectivity index (χ4v) is 6.10. The number of hydrogen-bond acceptors (Lipinski definition) is 4. The van der Waals surface area contributed by atoms with Gasteiger partial charge in [-0.2, -0.15) is 0 Å². The first-order valence-electron chi connectivity index (χ1n) is 6.63. The Bertz CT molecular complexity index is 190. The Morgan fingerprint density at radius 1 is 1.12 bits per heavy atom. The Kier molecular flexibility index (Phi) is 5.92. The predicted octanol–water partition coefficient (Wildman–Crippen LogP) is 0.735. The molecule has 0 aromatic heterocycles. The van der Waals surface area contributed by atoms with Gasteiger partial charge in [0.2, 0.25) is 0 Å². The molecule has 96 valence electrons. The van der Waals surface area contributed by atoms with Crippen LogP contribution in [0.5, 0.6) is 0 Å². The van der Waals surface area contributed by atoms with Crippen LogP contribution in [0, 0.1) is 0 Å². The lowest BCUT2D eigenvalue weighted by atomic mass is 10.2. The van der Waals surface area contributed by atoms with Crippen molar-refractivity contribution in [2.24, 2.45) is 0 Å². The molecule has 0 saturated heterocycles. The number of hydrogen-bond donors (Lipinski definition) is 3. The van der Waals surface area contributed by atoms with E-state index >= 15 is 0 Å². The standard InChI is InChI=1S/C11H28N4Si/c1-5-14-16(12-3,13-4)15(6-2)11-9-7-8-10-11/h11-14H,5-10H2,1-4H3. The van der Waals surface area contributed by atoms with Crippen molar-refractivity contribution in [3.8, 4) is 0 Å². The molecule has 3 N–H and O–H groups in total. The van der Waals surface area contributed by atoms with Crippen LogP contribution in [0.25, 0.3) is 0 Å². The molecule has 0 amide bonds. The van der Waals surface area contributed by atoms with Crippen LogP contribution in [-0.4, -0.2) is 46.5 Å². The number of rotatable bonds is 7. The third kappa shape index (κ3) is 2.84. The summed E-state index contributed by atoms with van der Waals surface area (Å²) in [6.45, 7) is 6.58. The van der Waals surface area contributed by atoms with Crippen molar-refractivity contribution in [3.05, 3.63) is 0 Å². The monoisotopic (exact) mass is 244 g/mol. The molecule has 1 aliphatic rings. The first kappa shape index (κ1) is 14.1. The molecule has 0 aromatic rings. The second-order valence-electron chi connectivity index (χ2n) is 4.47. The van der Waals surface area contributed by atoms with E-state index in [0.29, 0.717) is 0 Å². The van der Waals surface area contributed by atoms with Gasteiger partial charge in [-0.15, -0.1) is 0 Å². The summed E-state index contributed by atoms with van der Waals surface area (Å²) in [5.41, 5.74) is 0. The summed E-state index contributed by atoms with van der Waals surface area (Å²) >= 11 is 0. The highest BCUT2D eigenvalue weighted by Gasteiger charge is 2.41. The maximum Gasteiger partial charge on any atom is 0.368 e. The van der Waals surface area contributed by atoms with Gasteiger partial charge in [0.05, 0.1) is 0 Å². The van der Waals surface area contributed by atoms with Gasteiger partial charge in [-0.3, -0.25) is 4.57 Å². The second-order valence-corrected chi connectivity index (χ2v) is 7.81. The summed E-state index contributed by atoms with van der Waals surface area (Å²) in [6, 6.07) is 0.760. The molecular formula is C11H28N4Si. The molecule has 0 bridgehead atoms. The van der Waals surface area contributed by atoms with E-state index in [1.165, 1.54) is 25.7 Å². The molecule has 0 spiro atoms. The molecule has 1 fully saturated rings. The van der Waals surface area contributed by atoms with E-state index in [4.69, 9.17) is 0 Å². The minimum absolute atomic E-state index is 0.760. The average Bonchev–Trinajstić information content (AvgIpc) is 2.82. The molecule has 1 rings (SSSR count). The van der Waals surface area contributed by atoms with E-state index in [1.807, 2.05) is 0 Å². The molecule has 0 heterocycles. The van der Waals surface area contributed by atoms with Crippen LogP contribution >= 0.6 is 0 Å². The van der Waals surface area contributed by atoms with Crippen molar-refractivity contribution >= 4 is 8.72 Å². The van der Waals surface area contributed by atoms with E-state index < -0.39 is 8.72 Å². The fraction of sp³-hybridized carbons (Fsp3) is 1.00. The molecule has 1 saturated carbocycles. The van der Waals surface area contributed by atoms with Crippen LogP contribution in [0.2, 0.25) is 0 Å². The topological polar surface area (TPSA) is 39.3 Å². The number of nitrogens with one attached hydrogen (secondary N) is 3. The summed E-state index contributed by atoms with van der Waals surface area (Å²) in [4.78, 5) is 10.7. The third-order valence-electron chi connectivity index (χ3n) is 3.69. The third-order valence-corrected chi connectivity index (χ3v) is 7.55. The first-order valence-corrected chi connectivity index (χ1v) is 8.58. The summed E-state index contributed by atoms with van der Waals surface area (Å²) in [7, 11) is 2.29. The predicted molar refractivity (Wildman–Crippen MR) is 72.2 cm³/mol. The van der Waals surface area contributed by atoms with Gasteiger partial charge < -0.3 is 14.9 Å². The normalized spacial score (nSPS) is 18.6. The molecule has 0 aliphatic heterocycles. The van der Waals surface area contributed by atoms with Crippen LogP contribution in [0.4, 0.5) is 0 Å². The van der Waals surface area contributed by atoms with E-state index in [1.54, 1.807) is 0 Å². The zero-order valence-electron chi connectivity index (χ0n) is 11.3. The minimum Gasteiger partial charge on any atom is -0.303 e. The highest BCUT2D eigenvalue weighted by Crippen LogP contribution is 2.24.